The van der Waals surface area contributed by atoms with Gasteiger partial charge < -0.3 is 15.4 Å². The summed E-state index contributed by atoms with van der Waals surface area (Å²) >= 11 is 0. The number of hydrogen-bond acceptors (Lipinski definition) is 4. The molecule has 1 aromatic rings. The Kier molecular flexibility index (Phi) is 12.1. The Labute approximate surface area is 170 Å². The van der Waals surface area contributed by atoms with E-state index in [0.29, 0.717) is 6.04 Å². The van der Waals surface area contributed by atoms with Crippen LogP contribution in [-0.2, 0) is 9.53 Å². The first kappa shape index (κ1) is 25.1. The summed E-state index contributed by atoms with van der Waals surface area (Å²) in [4.78, 5) is 17.1. The van der Waals surface area contributed by atoms with E-state index in [4.69, 9.17) is 10.5 Å². The van der Waals surface area contributed by atoms with Gasteiger partial charge in [0.15, 0.2) is 0 Å². The monoisotopic (exact) mass is 405 g/mol. The molecule has 2 unspecified atom stereocenters. The number of carbonyl (C=O) groups is 1. The number of amides is 1. The average Bonchev–Trinajstić information content (AvgIpc) is 2.61. The molecule has 26 heavy (non-hydrogen) atoms. The van der Waals surface area contributed by atoms with E-state index in [1.54, 1.807) is 0 Å². The molecule has 150 valence electrons. The molecule has 1 heterocycles. The third-order valence-corrected chi connectivity index (χ3v) is 4.82. The molecule has 0 aromatic heterocycles. The Hall–Kier alpha value is -0.850. The van der Waals surface area contributed by atoms with Gasteiger partial charge in [0, 0.05) is 38.8 Å². The van der Waals surface area contributed by atoms with Crippen LogP contribution < -0.4 is 5.73 Å². The highest BCUT2D eigenvalue weighted by Gasteiger charge is 2.30. The second-order valence-electron chi connectivity index (χ2n) is 6.47. The maximum atomic E-state index is 12.8. The number of carbonyl (C=O) groups excluding carboxylic acids is 1. The Morgan fingerprint density at radius 3 is 2.46 bits per heavy atom. The van der Waals surface area contributed by atoms with Gasteiger partial charge in [0.2, 0.25) is 5.91 Å². The SMILES string of the molecule is CCOCCN1CCN(C(=O)C(N)c2ccc(C)cc2)CC1CC.Cl.Cl. The van der Waals surface area contributed by atoms with Gasteiger partial charge in [-0.05, 0) is 25.8 Å². The van der Waals surface area contributed by atoms with E-state index in [0.717, 1.165) is 51.4 Å². The molecule has 2 atom stereocenters. The van der Waals surface area contributed by atoms with E-state index < -0.39 is 6.04 Å². The molecule has 1 fully saturated rings. The van der Waals surface area contributed by atoms with E-state index in [1.165, 1.54) is 5.56 Å². The minimum absolute atomic E-state index is 0. The van der Waals surface area contributed by atoms with E-state index >= 15 is 0 Å². The molecule has 7 heteroatoms. The van der Waals surface area contributed by atoms with Crippen LogP contribution >= 0.6 is 24.8 Å². The molecule has 0 aliphatic carbocycles. The fraction of sp³-hybridized carbons (Fsp3) is 0.632. The number of piperazine rings is 1. The van der Waals surface area contributed by atoms with Crippen LogP contribution in [0, 0.1) is 6.92 Å². The van der Waals surface area contributed by atoms with Crippen molar-refractivity contribution in [3.63, 3.8) is 0 Å². The van der Waals surface area contributed by atoms with Crippen molar-refractivity contribution in [3.8, 4) is 0 Å². The van der Waals surface area contributed by atoms with Gasteiger partial charge in [-0.25, -0.2) is 0 Å². The van der Waals surface area contributed by atoms with Crippen LogP contribution in [0.1, 0.15) is 37.4 Å². The molecular formula is C19H33Cl2N3O2. The molecule has 2 rings (SSSR count). The second-order valence-corrected chi connectivity index (χ2v) is 6.47. The lowest BCUT2D eigenvalue weighted by molar-refractivity contribution is -0.136. The van der Waals surface area contributed by atoms with Crippen LogP contribution in [0.15, 0.2) is 24.3 Å². The number of hydrogen-bond donors (Lipinski definition) is 1. The van der Waals surface area contributed by atoms with Gasteiger partial charge in [-0.1, -0.05) is 36.8 Å². The summed E-state index contributed by atoms with van der Waals surface area (Å²) < 4.78 is 5.47. The molecule has 5 nitrogen and oxygen atoms in total. The summed E-state index contributed by atoms with van der Waals surface area (Å²) in [5, 5.41) is 0. The molecular weight excluding hydrogens is 373 g/mol. The largest absolute Gasteiger partial charge is 0.380 e. The van der Waals surface area contributed by atoms with Crippen molar-refractivity contribution in [1.82, 2.24) is 9.80 Å². The van der Waals surface area contributed by atoms with Gasteiger partial charge in [0.25, 0.3) is 0 Å². The highest BCUT2D eigenvalue weighted by atomic mass is 35.5. The van der Waals surface area contributed by atoms with Crippen LogP contribution in [0.4, 0.5) is 0 Å². The lowest BCUT2D eigenvalue weighted by Crippen LogP contribution is -2.56. The summed E-state index contributed by atoms with van der Waals surface area (Å²) in [5.74, 6) is 0.0294. The Morgan fingerprint density at radius 2 is 1.88 bits per heavy atom. The predicted octanol–water partition coefficient (Wildman–Crippen LogP) is 2.80. The number of halogens is 2. The van der Waals surface area contributed by atoms with Crippen molar-refractivity contribution in [2.45, 2.75) is 39.3 Å². The summed E-state index contributed by atoms with van der Waals surface area (Å²) in [7, 11) is 0. The fourth-order valence-electron chi connectivity index (χ4n) is 3.21. The van der Waals surface area contributed by atoms with Gasteiger partial charge in [0.05, 0.1) is 6.61 Å². The molecule has 2 N–H and O–H groups in total. The molecule has 0 spiro atoms. The number of rotatable bonds is 7. The number of ether oxygens (including phenoxy) is 1. The van der Waals surface area contributed by atoms with Gasteiger partial charge in [-0.3, -0.25) is 9.69 Å². The molecule has 1 amide bonds. The first-order valence-corrected chi connectivity index (χ1v) is 8.99. The van der Waals surface area contributed by atoms with Crippen molar-refractivity contribution in [3.05, 3.63) is 35.4 Å². The van der Waals surface area contributed by atoms with E-state index in [1.807, 2.05) is 43.0 Å². The Balaban J connectivity index is 0.00000312. The first-order valence-electron chi connectivity index (χ1n) is 8.99. The average molecular weight is 406 g/mol. The van der Waals surface area contributed by atoms with Gasteiger partial charge in [-0.15, -0.1) is 24.8 Å². The number of aryl methyl sites for hydroxylation is 1. The van der Waals surface area contributed by atoms with Gasteiger partial charge in [-0.2, -0.15) is 0 Å². The molecule has 0 radical (unpaired) electrons. The number of nitrogens with zero attached hydrogens (tertiary/aromatic N) is 2. The van der Waals surface area contributed by atoms with Crippen LogP contribution in [0.2, 0.25) is 0 Å². The standard InChI is InChI=1S/C19H31N3O2.2ClH/c1-4-17-14-22(11-10-21(17)12-13-24-5-2)19(23)18(20)16-8-6-15(3)7-9-16;;/h6-9,17-18H,4-5,10-14,20H2,1-3H3;2*1H. The second kappa shape index (κ2) is 12.5. The molecule has 0 bridgehead atoms. The van der Waals surface area contributed by atoms with Crippen molar-refractivity contribution >= 4 is 30.7 Å². The Bertz CT molecular complexity index is 528. The van der Waals surface area contributed by atoms with E-state index in [2.05, 4.69) is 11.8 Å². The van der Waals surface area contributed by atoms with Crippen molar-refractivity contribution in [2.75, 3.05) is 39.4 Å². The van der Waals surface area contributed by atoms with Crippen LogP contribution in [0.5, 0.6) is 0 Å². The normalized spacial score (nSPS) is 18.6. The maximum absolute atomic E-state index is 12.8. The third-order valence-electron chi connectivity index (χ3n) is 4.82. The zero-order chi connectivity index (χ0) is 17.5. The minimum Gasteiger partial charge on any atom is -0.380 e. The highest BCUT2D eigenvalue weighted by molar-refractivity contribution is 5.85. The topological polar surface area (TPSA) is 58.8 Å². The van der Waals surface area contributed by atoms with Crippen molar-refractivity contribution < 1.29 is 9.53 Å². The van der Waals surface area contributed by atoms with Gasteiger partial charge in [0.1, 0.15) is 6.04 Å². The Morgan fingerprint density at radius 1 is 1.23 bits per heavy atom. The molecule has 0 saturated carbocycles. The summed E-state index contributed by atoms with van der Waals surface area (Å²) in [6.45, 7) is 11.0. The van der Waals surface area contributed by atoms with Crippen molar-refractivity contribution in [1.29, 1.82) is 0 Å². The highest BCUT2D eigenvalue weighted by Crippen LogP contribution is 2.18. The third kappa shape index (κ3) is 6.71. The van der Waals surface area contributed by atoms with E-state index in [9.17, 15) is 4.79 Å². The van der Waals surface area contributed by atoms with Crippen LogP contribution in [0.3, 0.4) is 0 Å². The summed E-state index contributed by atoms with van der Waals surface area (Å²) in [6.07, 6.45) is 1.02. The maximum Gasteiger partial charge on any atom is 0.244 e. The zero-order valence-corrected chi connectivity index (χ0v) is 17.7. The number of benzene rings is 1. The quantitative estimate of drug-likeness (QED) is 0.708. The molecule has 1 aromatic carbocycles. The molecule has 1 aliphatic rings. The van der Waals surface area contributed by atoms with Crippen molar-refractivity contribution in [2.24, 2.45) is 5.73 Å². The predicted molar refractivity (Wildman–Crippen MR) is 111 cm³/mol. The lowest BCUT2D eigenvalue weighted by Gasteiger charge is -2.41. The summed E-state index contributed by atoms with van der Waals surface area (Å²) in [5.41, 5.74) is 8.27. The minimum atomic E-state index is -0.571. The number of nitrogens with two attached hydrogens (primary N) is 1. The molecule has 1 aliphatic heterocycles. The van der Waals surface area contributed by atoms with Crippen LogP contribution in [0.25, 0.3) is 0 Å². The van der Waals surface area contributed by atoms with Gasteiger partial charge >= 0.3 is 0 Å². The van der Waals surface area contributed by atoms with Crippen LogP contribution in [-0.4, -0.2) is 61.1 Å². The summed E-state index contributed by atoms with van der Waals surface area (Å²) in [6, 6.07) is 7.72. The van der Waals surface area contributed by atoms with E-state index in [-0.39, 0.29) is 30.7 Å². The molecule has 1 saturated heterocycles. The lowest BCUT2D eigenvalue weighted by atomic mass is 10.0. The smallest absolute Gasteiger partial charge is 0.244 e. The fourth-order valence-corrected chi connectivity index (χ4v) is 3.21. The zero-order valence-electron chi connectivity index (χ0n) is 16.0. The first-order chi connectivity index (χ1) is 11.6.